The first-order valence-corrected chi connectivity index (χ1v) is 12.8. The second kappa shape index (κ2) is 9.52. The third-order valence-electron chi connectivity index (χ3n) is 5.86. The maximum atomic E-state index is 12.8. The van der Waals surface area contributed by atoms with E-state index in [1.54, 1.807) is 36.4 Å². The van der Waals surface area contributed by atoms with Crippen LogP contribution in [0.25, 0.3) is 0 Å². The summed E-state index contributed by atoms with van der Waals surface area (Å²) in [6.07, 6.45) is 0.605. The summed E-state index contributed by atoms with van der Waals surface area (Å²) >= 11 is 0. The highest BCUT2D eigenvalue weighted by atomic mass is 32.2. The van der Waals surface area contributed by atoms with Gasteiger partial charge < -0.3 is 15.0 Å². The Balaban J connectivity index is 1.36. The summed E-state index contributed by atoms with van der Waals surface area (Å²) in [6.45, 7) is 5.78. The highest BCUT2D eigenvalue weighted by Gasteiger charge is 2.29. The molecule has 2 heterocycles. The van der Waals surface area contributed by atoms with Gasteiger partial charge in [-0.05, 0) is 56.2 Å². The van der Waals surface area contributed by atoms with Crippen molar-refractivity contribution in [3.8, 4) is 0 Å². The minimum Gasteiger partial charge on any atom is -0.372 e. The van der Waals surface area contributed by atoms with Crippen molar-refractivity contribution in [2.75, 3.05) is 29.7 Å². The Labute approximate surface area is 194 Å². The van der Waals surface area contributed by atoms with Gasteiger partial charge in [-0.3, -0.25) is 13.9 Å². The molecule has 1 N–H and O–H groups in total. The molecule has 0 bridgehead atoms. The molecule has 0 radical (unpaired) electrons. The standard InChI is InChI=1S/C24H29N3O5S/c1-17-15-26(16-18(2)32-17)24(29)20-9-7-19(8-10-20)14-25-23(28)21-5-3-6-22(13-21)27-11-4-12-33(27,30)31/h3,5-10,13,17-18H,4,11-12,14-16H2,1-2H3,(H,25,28). The van der Waals surface area contributed by atoms with E-state index in [9.17, 15) is 18.0 Å². The minimum atomic E-state index is -3.30. The van der Waals surface area contributed by atoms with Crippen molar-refractivity contribution in [2.24, 2.45) is 0 Å². The number of rotatable bonds is 5. The second-order valence-corrected chi connectivity index (χ2v) is 10.7. The van der Waals surface area contributed by atoms with E-state index >= 15 is 0 Å². The van der Waals surface area contributed by atoms with Crippen molar-refractivity contribution in [1.82, 2.24) is 10.2 Å². The predicted octanol–water partition coefficient (Wildman–Crippen LogP) is 2.41. The molecule has 33 heavy (non-hydrogen) atoms. The summed E-state index contributed by atoms with van der Waals surface area (Å²) < 4.78 is 31.4. The Morgan fingerprint density at radius 3 is 2.36 bits per heavy atom. The van der Waals surface area contributed by atoms with Gasteiger partial charge in [0.2, 0.25) is 10.0 Å². The van der Waals surface area contributed by atoms with Gasteiger partial charge in [-0.1, -0.05) is 18.2 Å². The first-order valence-electron chi connectivity index (χ1n) is 11.2. The molecular weight excluding hydrogens is 442 g/mol. The van der Waals surface area contributed by atoms with Gasteiger partial charge in [-0.15, -0.1) is 0 Å². The number of sulfonamides is 1. The van der Waals surface area contributed by atoms with E-state index in [-0.39, 0.29) is 29.8 Å². The van der Waals surface area contributed by atoms with Gasteiger partial charge in [-0.2, -0.15) is 0 Å². The molecule has 2 fully saturated rings. The van der Waals surface area contributed by atoms with E-state index in [0.717, 1.165) is 5.56 Å². The molecule has 8 nitrogen and oxygen atoms in total. The van der Waals surface area contributed by atoms with Crippen LogP contribution < -0.4 is 9.62 Å². The molecular formula is C24H29N3O5S. The molecule has 0 saturated carbocycles. The molecule has 9 heteroatoms. The topological polar surface area (TPSA) is 96.0 Å². The van der Waals surface area contributed by atoms with Crippen molar-refractivity contribution in [1.29, 1.82) is 0 Å². The van der Waals surface area contributed by atoms with E-state index < -0.39 is 10.0 Å². The van der Waals surface area contributed by atoms with Gasteiger partial charge in [0.05, 0.1) is 23.6 Å². The van der Waals surface area contributed by atoms with E-state index in [2.05, 4.69) is 5.32 Å². The molecule has 0 aliphatic carbocycles. The van der Waals surface area contributed by atoms with Crippen LogP contribution in [-0.2, 0) is 21.3 Å². The number of benzene rings is 2. The number of hydrogen-bond donors (Lipinski definition) is 1. The van der Waals surface area contributed by atoms with E-state index in [1.807, 2.05) is 30.9 Å². The molecule has 2 atom stereocenters. The van der Waals surface area contributed by atoms with Crippen LogP contribution in [0.15, 0.2) is 48.5 Å². The smallest absolute Gasteiger partial charge is 0.254 e. The van der Waals surface area contributed by atoms with Crippen LogP contribution in [0.2, 0.25) is 0 Å². The van der Waals surface area contributed by atoms with Crippen molar-refractivity contribution in [3.63, 3.8) is 0 Å². The maximum Gasteiger partial charge on any atom is 0.254 e. The van der Waals surface area contributed by atoms with Crippen LogP contribution in [0.1, 0.15) is 46.5 Å². The normalized spacial score (nSPS) is 22.2. The molecule has 2 aliphatic rings. The fourth-order valence-corrected chi connectivity index (χ4v) is 5.86. The first-order chi connectivity index (χ1) is 15.7. The summed E-state index contributed by atoms with van der Waals surface area (Å²) in [5.74, 6) is -0.183. The van der Waals surface area contributed by atoms with E-state index in [0.29, 0.717) is 49.4 Å². The number of anilines is 1. The molecule has 2 unspecified atom stereocenters. The molecule has 2 aromatic carbocycles. The van der Waals surface area contributed by atoms with E-state index in [1.165, 1.54) is 4.31 Å². The molecule has 4 rings (SSSR count). The van der Waals surface area contributed by atoms with Crippen molar-refractivity contribution in [2.45, 2.75) is 39.0 Å². The fraction of sp³-hybridized carbons (Fsp3) is 0.417. The third-order valence-corrected chi connectivity index (χ3v) is 7.73. The van der Waals surface area contributed by atoms with Crippen LogP contribution in [0.3, 0.4) is 0 Å². The van der Waals surface area contributed by atoms with E-state index in [4.69, 9.17) is 4.74 Å². The average Bonchev–Trinajstić information content (AvgIpc) is 3.15. The number of ether oxygens (including phenoxy) is 1. The van der Waals surface area contributed by atoms with Crippen LogP contribution in [-0.4, -0.2) is 62.7 Å². The average molecular weight is 472 g/mol. The number of carbonyl (C=O) groups excluding carboxylic acids is 2. The largest absolute Gasteiger partial charge is 0.372 e. The number of morpholine rings is 1. The fourth-order valence-electron chi connectivity index (χ4n) is 4.31. The quantitative estimate of drug-likeness (QED) is 0.723. The van der Waals surface area contributed by atoms with Crippen molar-refractivity contribution >= 4 is 27.5 Å². The lowest BCUT2D eigenvalue weighted by Crippen LogP contribution is -2.48. The lowest BCUT2D eigenvalue weighted by Gasteiger charge is -2.35. The Bertz CT molecular complexity index is 1120. The molecule has 2 aromatic rings. The Hall–Kier alpha value is -2.91. The zero-order valence-electron chi connectivity index (χ0n) is 18.9. The SMILES string of the molecule is CC1CN(C(=O)c2ccc(CNC(=O)c3cccc(N4CCCS4(=O)=O)c3)cc2)CC(C)O1. The lowest BCUT2D eigenvalue weighted by molar-refractivity contribution is -0.0586. The van der Waals surface area contributed by atoms with Crippen LogP contribution in [0.4, 0.5) is 5.69 Å². The van der Waals surface area contributed by atoms with Gasteiger partial charge in [0.15, 0.2) is 0 Å². The van der Waals surface area contributed by atoms with Crippen molar-refractivity contribution in [3.05, 3.63) is 65.2 Å². The highest BCUT2D eigenvalue weighted by Crippen LogP contribution is 2.24. The molecule has 2 aliphatic heterocycles. The highest BCUT2D eigenvalue weighted by molar-refractivity contribution is 7.93. The van der Waals surface area contributed by atoms with Crippen LogP contribution in [0, 0.1) is 0 Å². The summed E-state index contributed by atoms with van der Waals surface area (Å²) in [7, 11) is -3.30. The van der Waals surface area contributed by atoms with Crippen LogP contribution in [0.5, 0.6) is 0 Å². The summed E-state index contributed by atoms with van der Waals surface area (Å²) in [5, 5.41) is 2.86. The van der Waals surface area contributed by atoms with Gasteiger partial charge in [0.25, 0.3) is 11.8 Å². The minimum absolute atomic E-state index is 0.0104. The molecule has 2 amide bonds. The number of carbonyl (C=O) groups is 2. The molecule has 176 valence electrons. The Morgan fingerprint density at radius 2 is 1.73 bits per heavy atom. The van der Waals surface area contributed by atoms with Gasteiger partial charge in [0.1, 0.15) is 0 Å². The first kappa shape index (κ1) is 23.3. The Kier molecular flexibility index (Phi) is 6.71. The Morgan fingerprint density at radius 1 is 1.03 bits per heavy atom. The molecule has 0 spiro atoms. The monoisotopic (exact) mass is 471 g/mol. The van der Waals surface area contributed by atoms with Gasteiger partial charge in [-0.25, -0.2) is 8.42 Å². The zero-order valence-corrected chi connectivity index (χ0v) is 19.7. The second-order valence-electron chi connectivity index (χ2n) is 8.64. The van der Waals surface area contributed by atoms with Crippen LogP contribution >= 0.6 is 0 Å². The maximum absolute atomic E-state index is 12.8. The predicted molar refractivity (Wildman–Crippen MR) is 126 cm³/mol. The third kappa shape index (κ3) is 5.36. The summed E-state index contributed by atoms with van der Waals surface area (Å²) in [6, 6.07) is 13.8. The lowest BCUT2D eigenvalue weighted by atomic mass is 10.1. The number of hydrogen-bond acceptors (Lipinski definition) is 5. The zero-order chi connectivity index (χ0) is 23.6. The van der Waals surface area contributed by atoms with Gasteiger partial charge in [0, 0.05) is 37.3 Å². The summed E-state index contributed by atoms with van der Waals surface area (Å²) in [5.41, 5.74) is 2.37. The van der Waals surface area contributed by atoms with Crippen molar-refractivity contribution < 1.29 is 22.7 Å². The number of nitrogens with zero attached hydrogens (tertiary/aromatic N) is 2. The molecule has 2 saturated heterocycles. The summed E-state index contributed by atoms with van der Waals surface area (Å²) in [4.78, 5) is 27.2. The number of nitrogens with one attached hydrogen (secondary N) is 1. The number of amides is 2. The van der Waals surface area contributed by atoms with Gasteiger partial charge >= 0.3 is 0 Å². The molecule has 0 aromatic heterocycles.